The van der Waals surface area contributed by atoms with Crippen molar-refractivity contribution in [3.63, 3.8) is 0 Å². The molecule has 0 aliphatic rings. The molecule has 0 spiro atoms. The van der Waals surface area contributed by atoms with Gasteiger partial charge in [-0.1, -0.05) is 18.5 Å². The first kappa shape index (κ1) is 16.9. The molecule has 7 nitrogen and oxygen atoms in total. The number of carbonyl (C=O) groups excluding carboxylic acids is 1. The van der Waals surface area contributed by atoms with Gasteiger partial charge in [-0.3, -0.25) is 19.7 Å². The molecule has 0 radical (unpaired) electrons. The standard InChI is InChI=1S/C13H14ClNO6/c1-3-7(2)21-13(18)11(12(16)17)9-6-8(15(19)20)4-5-10(9)14/h4-7,11H,3H2,1-2H3,(H,16,17). The summed E-state index contributed by atoms with van der Waals surface area (Å²) < 4.78 is 4.98. The third-order valence-electron chi connectivity index (χ3n) is 2.88. The summed E-state index contributed by atoms with van der Waals surface area (Å²) in [4.78, 5) is 33.3. The number of aliphatic carboxylic acids is 1. The normalized spacial score (nSPS) is 13.3. The van der Waals surface area contributed by atoms with E-state index in [1.807, 2.05) is 0 Å². The van der Waals surface area contributed by atoms with Gasteiger partial charge < -0.3 is 9.84 Å². The van der Waals surface area contributed by atoms with E-state index < -0.39 is 28.9 Å². The molecular formula is C13H14ClNO6. The highest BCUT2D eigenvalue weighted by atomic mass is 35.5. The Hall–Kier alpha value is -2.15. The van der Waals surface area contributed by atoms with E-state index >= 15 is 0 Å². The smallest absolute Gasteiger partial charge is 0.325 e. The number of hydrogen-bond acceptors (Lipinski definition) is 5. The zero-order valence-electron chi connectivity index (χ0n) is 11.4. The van der Waals surface area contributed by atoms with Crippen LogP contribution in [0.2, 0.25) is 5.02 Å². The van der Waals surface area contributed by atoms with E-state index in [1.54, 1.807) is 13.8 Å². The van der Waals surface area contributed by atoms with Crippen molar-refractivity contribution in [3.05, 3.63) is 38.9 Å². The third-order valence-corrected chi connectivity index (χ3v) is 3.22. The van der Waals surface area contributed by atoms with Crippen LogP contribution in [0.4, 0.5) is 5.69 Å². The Bertz CT molecular complexity index is 574. The highest BCUT2D eigenvalue weighted by Crippen LogP contribution is 2.30. The number of non-ortho nitro benzene ring substituents is 1. The summed E-state index contributed by atoms with van der Waals surface area (Å²) in [5.74, 6) is -4.18. The van der Waals surface area contributed by atoms with Crippen LogP contribution in [0, 0.1) is 10.1 Å². The fraction of sp³-hybridized carbons (Fsp3) is 0.385. The average Bonchev–Trinajstić information content (AvgIpc) is 2.40. The lowest BCUT2D eigenvalue weighted by Crippen LogP contribution is -2.27. The number of esters is 1. The zero-order chi connectivity index (χ0) is 16.2. The number of nitro benzene ring substituents is 1. The molecule has 0 saturated heterocycles. The lowest BCUT2D eigenvalue weighted by molar-refractivity contribution is -0.384. The van der Waals surface area contributed by atoms with Gasteiger partial charge in [-0.05, 0) is 19.4 Å². The number of carboxylic acid groups (broad SMARTS) is 1. The Morgan fingerprint density at radius 1 is 1.48 bits per heavy atom. The Morgan fingerprint density at radius 3 is 2.57 bits per heavy atom. The zero-order valence-corrected chi connectivity index (χ0v) is 12.2. The third kappa shape index (κ3) is 4.16. The molecule has 1 rings (SSSR count). The van der Waals surface area contributed by atoms with Crippen LogP contribution >= 0.6 is 11.6 Å². The Labute approximate surface area is 125 Å². The van der Waals surface area contributed by atoms with Crippen molar-refractivity contribution in [1.82, 2.24) is 0 Å². The van der Waals surface area contributed by atoms with Crippen molar-refractivity contribution in [2.24, 2.45) is 0 Å². The minimum absolute atomic E-state index is 0.0471. The Kier molecular flexibility index (Phi) is 5.66. The lowest BCUT2D eigenvalue weighted by atomic mass is 9.98. The molecule has 2 atom stereocenters. The van der Waals surface area contributed by atoms with E-state index in [9.17, 15) is 24.8 Å². The largest absolute Gasteiger partial charge is 0.480 e. The molecule has 0 aromatic heterocycles. The van der Waals surface area contributed by atoms with Crippen molar-refractivity contribution >= 4 is 29.2 Å². The predicted octanol–water partition coefficient (Wildman–Crippen LogP) is 2.76. The number of nitrogens with zero attached hydrogens (tertiary/aromatic N) is 1. The fourth-order valence-electron chi connectivity index (χ4n) is 1.58. The maximum atomic E-state index is 12.0. The molecule has 0 heterocycles. The van der Waals surface area contributed by atoms with Gasteiger partial charge in [-0.25, -0.2) is 0 Å². The van der Waals surface area contributed by atoms with Crippen molar-refractivity contribution < 1.29 is 24.4 Å². The van der Waals surface area contributed by atoms with Gasteiger partial charge >= 0.3 is 11.9 Å². The molecule has 114 valence electrons. The maximum Gasteiger partial charge on any atom is 0.325 e. The SMILES string of the molecule is CCC(C)OC(=O)C(C(=O)O)c1cc([N+](=O)[O-])ccc1Cl. The van der Waals surface area contributed by atoms with E-state index in [2.05, 4.69) is 0 Å². The molecule has 0 saturated carbocycles. The number of hydrogen-bond donors (Lipinski definition) is 1. The van der Waals surface area contributed by atoms with Crippen LogP contribution in [0.15, 0.2) is 18.2 Å². The quantitative estimate of drug-likeness (QED) is 0.374. The summed E-state index contributed by atoms with van der Waals surface area (Å²) in [5, 5.41) is 19.9. The van der Waals surface area contributed by atoms with Crippen molar-refractivity contribution in [2.75, 3.05) is 0 Å². The van der Waals surface area contributed by atoms with E-state index in [0.29, 0.717) is 6.42 Å². The molecule has 1 aromatic carbocycles. The van der Waals surface area contributed by atoms with Crippen LogP contribution in [0.5, 0.6) is 0 Å². The van der Waals surface area contributed by atoms with Crippen LogP contribution in [0.3, 0.4) is 0 Å². The van der Waals surface area contributed by atoms with Crippen LogP contribution in [0.25, 0.3) is 0 Å². The minimum atomic E-state index is -1.70. The Morgan fingerprint density at radius 2 is 2.10 bits per heavy atom. The van der Waals surface area contributed by atoms with Gasteiger partial charge in [0.15, 0.2) is 5.92 Å². The van der Waals surface area contributed by atoms with Gasteiger partial charge in [0.25, 0.3) is 5.69 Å². The summed E-state index contributed by atoms with van der Waals surface area (Å²) in [5.41, 5.74) is -0.511. The summed E-state index contributed by atoms with van der Waals surface area (Å²) in [6.07, 6.45) is 0.0534. The second-order valence-corrected chi connectivity index (χ2v) is 4.80. The van der Waals surface area contributed by atoms with Crippen molar-refractivity contribution in [2.45, 2.75) is 32.3 Å². The number of benzene rings is 1. The molecular weight excluding hydrogens is 302 g/mol. The Balaban J connectivity index is 3.23. The fourth-order valence-corrected chi connectivity index (χ4v) is 1.80. The van der Waals surface area contributed by atoms with Gasteiger partial charge in [0, 0.05) is 22.7 Å². The number of ether oxygens (including phenoxy) is 1. The molecule has 0 amide bonds. The number of carboxylic acids is 1. The first-order valence-electron chi connectivity index (χ1n) is 6.15. The van der Waals surface area contributed by atoms with Gasteiger partial charge in [0.05, 0.1) is 11.0 Å². The average molecular weight is 316 g/mol. The highest BCUT2D eigenvalue weighted by Gasteiger charge is 2.33. The maximum absolute atomic E-state index is 12.0. The molecule has 0 aliphatic carbocycles. The summed E-state index contributed by atoms with van der Waals surface area (Å²) in [7, 11) is 0. The summed E-state index contributed by atoms with van der Waals surface area (Å²) >= 11 is 5.86. The summed E-state index contributed by atoms with van der Waals surface area (Å²) in [6, 6.07) is 3.28. The van der Waals surface area contributed by atoms with Gasteiger partial charge in [-0.2, -0.15) is 0 Å². The van der Waals surface area contributed by atoms with E-state index in [-0.39, 0.29) is 16.3 Å². The first-order valence-corrected chi connectivity index (χ1v) is 6.52. The minimum Gasteiger partial charge on any atom is -0.480 e. The van der Waals surface area contributed by atoms with E-state index in [1.165, 1.54) is 6.07 Å². The summed E-state index contributed by atoms with van der Waals surface area (Å²) in [6.45, 7) is 3.39. The van der Waals surface area contributed by atoms with Crippen LogP contribution in [0.1, 0.15) is 31.7 Å². The molecule has 0 fully saturated rings. The first-order chi connectivity index (χ1) is 9.77. The van der Waals surface area contributed by atoms with Crippen LogP contribution < -0.4 is 0 Å². The van der Waals surface area contributed by atoms with Gasteiger partial charge in [-0.15, -0.1) is 0 Å². The topological polar surface area (TPSA) is 107 Å². The number of nitro groups is 1. The molecule has 1 N–H and O–H groups in total. The molecule has 21 heavy (non-hydrogen) atoms. The molecule has 0 aliphatic heterocycles. The van der Waals surface area contributed by atoms with Gasteiger partial charge in [0.2, 0.25) is 0 Å². The molecule has 1 aromatic rings. The van der Waals surface area contributed by atoms with Gasteiger partial charge in [0.1, 0.15) is 0 Å². The van der Waals surface area contributed by atoms with E-state index in [0.717, 1.165) is 12.1 Å². The number of carbonyl (C=O) groups is 2. The molecule has 8 heteroatoms. The van der Waals surface area contributed by atoms with Crippen molar-refractivity contribution in [1.29, 1.82) is 0 Å². The van der Waals surface area contributed by atoms with Crippen LogP contribution in [-0.2, 0) is 14.3 Å². The van der Waals surface area contributed by atoms with E-state index in [4.69, 9.17) is 16.3 Å². The number of rotatable bonds is 6. The second kappa shape index (κ2) is 7.03. The molecule has 0 bridgehead atoms. The lowest BCUT2D eigenvalue weighted by Gasteiger charge is -2.16. The van der Waals surface area contributed by atoms with Crippen molar-refractivity contribution in [3.8, 4) is 0 Å². The predicted molar refractivity (Wildman–Crippen MR) is 74.3 cm³/mol. The van der Waals surface area contributed by atoms with Crippen LogP contribution in [-0.4, -0.2) is 28.1 Å². The number of halogens is 1. The highest BCUT2D eigenvalue weighted by molar-refractivity contribution is 6.32. The monoisotopic (exact) mass is 315 g/mol. The second-order valence-electron chi connectivity index (χ2n) is 4.39. The molecule has 2 unspecified atom stereocenters.